The molecular formula is C7H16BrNO2S. The summed E-state index contributed by atoms with van der Waals surface area (Å²) in [4.78, 5) is 0. The molecule has 0 unspecified atom stereocenters. The zero-order valence-corrected chi connectivity index (χ0v) is 10.1. The van der Waals surface area contributed by atoms with Crippen molar-refractivity contribution < 1.29 is 8.42 Å². The highest BCUT2D eigenvalue weighted by Gasteiger charge is 2.22. The number of rotatable bonds is 5. The Morgan fingerprint density at radius 2 is 1.92 bits per heavy atom. The second-order valence-corrected chi connectivity index (χ2v) is 6.13. The molecule has 5 heteroatoms. The van der Waals surface area contributed by atoms with E-state index in [1.54, 1.807) is 6.92 Å². The number of halogens is 1. The Labute approximate surface area is 83.1 Å². The molecule has 0 bridgehead atoms. The van der Waals surface area contributed by atoms with Crippen LogP contribution in [0.1, 0.15) is 27.2 Å². The molecule has 0 saturated carbocycles. The molecule has 0 radical (unpaired) electrons. The summed E-state index contributed by atoms with van der Waals surface area (Å²) in [7, 11) is -3.07. The van der Waals surface area contributed by atoms with Gasteiger partial charge in [-0.05, 0) is 27.2 Å². The van der Waals surface area contributed by atoms with Crippen molar-refractivity contribution >= 4 is 26.0 Å². The number of nitrogens with one attached hydrogen (secondary N) is 1. The highest BCUT2D eigenvalue weighted by molar-refractivity contribution is 9.09. The molecule has 0 amide bonds. The van der Waals surface area contributed by atoms with Crippen LogP contribution in [-0.2, 0) is 10.0 Å². The molecular weight excluding hydrogens is 242 g/mol. The molecule has 12 heavy (non-hydrogen) atoms. The maximum atomic E-state index is 11.2. The lowest BCUT2D eigenvalue weighted by Gasteiger charge is -2.24. The van der Waals surface area contributed by atoms with E-state index in [-0.39, 0.29) is 11.3 Å². The van der Waals surface area contributed by atoms with E-state index in [1.807, 2.05) is 13.8 Å². The fraction of sp³-hybridized carbons (Fsp3) is 1.00. The van der Waals surface area contributed by atoms with Gasteiger partial charge in [-0.1, -0.05) is 15.9 Å². The molecule has 0 aromatic rings. The van der Waals surface area contributed by atoms with Crippen LogP contribution in [0.2, 0.25) is 0 Å². The van der Waals surface area contributed by atoms with E-state index < -0.39 is 10.0 Å². The molecule has 0 rings (SSSR count). The SMILES string of the molecule is CCS(=O)(=O)NC(C)(C)CCBr. The summed E-state index contributed by atoms with van der Waals surface area (Å²) in [6.07, 6.45) is 0.784. The fourth-order valence-electron chi connectivity index (χ4n) is 0.780. The van der Waals surface area contributed by atoms with Crippen LogP contribution in [0.25, 0.3) is 0 Å². The van der Waals surface area contributed by atoms with Gasteiger partial charge in [-0.2, -0.15) is 0 Å². The zero-order valence-electron chi connectivity index (χ0n) is 7.72. The van der Waals surface area contributed by atoms with Crippen molar-refractivity contribution in [3.05, 3.63) is 0 Å². The minimum absolute atomic E-state index is 0.138. The minimum atomic E-state index is -3.07. The molecule has 0 heterocycles. The maximum absolute atomic E-state index is 11.2. The molecule has 74 valence electrons. The van der Waals surface area contributed by atoms with Gasteiger partial charge in [-0.15, -0.1) is 0 Å². The van der Waals surface area contributed by atoms with E-state index >= 15 is 0 Å². The van der Waals surface area contributed by atoms with Gasteiger partial charge in [0.15, 0.2) is 0 Å². The van der Waals surface area contributed by atoms with Gasteiger partial charge in [0.05, 0.1) is 5.75 Å². The van der Waals surface area contributed by atoms with Gasteiger partial charge in [0.1, 0.15) is 0 Å². The fourth-order valence-corrected chi connectivity index (χ4v) is 2.86. The van der Waals surface area contributed by atoms with E-state index in [0.29, 0.717) is 0 Å². The molecule has 0 aromatic carbocycles. The Hall–Kier alpha value is 0.390. The lowest BCUT2D eigenvalue weighted by atomic mass is 10.0. The highest BCUT2D eigenvalue weighted by atomic mass is 79.9. The number of hydrogen-bond donors (Lipinski definition) is 1. The summed E-state index contributed by atoms with van der Waals surface area (Å²) < 4.78 is 25.0. The quantitative estimate of drug-likeness (QED) is 0.759. The van der Waals surface area contributed by atoms with Crippen molar-refractivity contribution in [2.75, 3.05) is 11.1 Å². The summed E-state index contributed by atoms with van der Waals surface area (Å²) in [6, 6.07) is 0. The van der Waals surface area contributed by atoms with Gasteiger partial charge in [-0.3, -0.25) is 0 Å². The highest BCUT2D eigenvalue weighted by Crippen LogP contribution is 2.11. The molecule has 0 saturated heterocycles. The predicted molar refractivity (Wildman–Crippen MR) is 55.1 cm³/mol. The third-order valence-electron chi connectivity index (χ3n) is 1.53. The Balaban J connectivity index is 4.24. The van der Waals surface area contributed by atoms with Gasteiger partial charge < -0.3 is 0 Å². The van der Waals surface area contributed by atoms with E-state index in [2.05, 4.69) is 20.7 Å². The van der Waals surface area contributed by atoms with Crippen molar-refractivity contribution in [3.8, 4) is 0 Å². The second kappa shape index (κ2) is 4.58. The van der Waals surface area contributed by atoms with Crippen LogP contribution in [0.4, 0.5) is 0 Å². The van der Waals surface area contributed by atoms with Crippen LogP contribution in [0.5, 0.6) is 0 Å². The second-order valence-electron chi connectivity index (χ2n) is 3.33. The van der Waals surface area contributed by atoms with Crippen LogP contribution in [0.15, 0.2) is 0 Å². The average Bonchev–Trinajstić information content (AvgIpc) is 1.85. The van der Waals surface area contributed by atoms with Gasteiger partial charge >= 0.3 is 0 Å². The maximum Gasteiger partial charge on any atom is 0.211 e. The first-order valence-corrected chi connectivity index (χ1v) is 6.68. The van der Waals surface area contributed by atoms with E-state index in [0.717, 1.165) is 11.8 Å². The van der Waals surface area contributed by atoms with Gasteiger partial charge in [0.2, 0.25) is 10.0 Å². The number of hydrogen-bond acceptors (Lipinski definition) is 2. The first-order chi connectivity index (χ1) is 5.33. The monoisotopic (exact) mass is 257 g/mol. The Bertz CT molecular complexity index is 224. The van der Waals surface area contributed by atoms with Crippen LogP contribution < -0.4 is 4.72 Å². The standard InChI is InChI=1S/C7H16BrNO2S/c1-4-12(10,11)9-7(2,3)5-6-8/h9H,4-6H2,1-3H3. The molecule has 0 fully saturated rings. The Morgan fingerprint density at radius 1 is 1.42 bits per heavy atom. The van der Waals surface area contributed by atoms with E-state index in [9.17, 15) is 8.42 Å². The topological polar surface area (TPSA) is 46.2 Å². The third kappa shape index (κ3) is 5.11. The van der Waals surface area contributed by atoms with Gasteiger partial charge in [-0.25, -0.2) is 13.1 Å². The molecule has 0 aromatic heterocycles. The van der Waals surface area contributed by atoms with Gasteiger partial charge in [0, 0.05) is 10.9 Å². The first kappa shape index (κ1) is 12.4. The third-order valence-corrected chi connectivity index (χ3v) is 3.55. The zero-order chi connectivity index (χ0) is 9.83. The van der Waals surface area contributed by atoms with Gasteiger partial charge in [0.25, 0.3) is 0 Å². The summed E-state index contributed by atoms with van der Waals surface area (Å²) in [6.45, 7) is 5.38. The van der Waals surface area contributed by atoms with Crippen molar-refractivity contribution in [2.24, 2.45) is 0 Å². The minimum Gasteiger partial charge on any atom is -0.212 e. The van der Waals surface area contributed by atoms with Crippen LogP contribution in [0, 0.1) is 0 Å². The smallest absolute Gasteiger partial charge is 0.211 e. The largest absolute Gasteiger partial charge is 0.212 e. The van der Waals surface area contributed by atoms with Crippen molar-refractivity contribution in [1.29, 1.82) is 0 Å². The summed E-state index contributed by atoms with van der Waals surface area (Å²) in [5.74, 6) is 0.138. The summed E-state index contributed by atoms with van der Waals surface area (Å²) >= 11 is 3.28. The Kier molecular flexibility index (Phi) is 4.73. The molecule has 0 aliphatic rings. The number of sulfonamides is 1. The van der Waals surface area contributed by atoms with Crippen LogP contribution in [-0.4, -0.2) is 25.0 Å². The molecule has 3 nitrogen and oxygen atoms in total. The van der Waals surface area contributed by atoms with Crippen molar-refractivity contribution in [2.45, 2.75) is 32.7 Å². The van der Waals surface area contributed by atoms with Crippen molar-refractivity contribution in [1.82, 2.24) is 4.72 Å². The van der Waals surface area contributed by atoms with E-state index in [1.165, 1.54) is 0 Å². The first-order valence-electron chi connectivity index (χ1n) is 3.90. The Morgan fingerprint density at radius 3 is 2.25 bits per heavy atom. The predicted octanol–water partition coefficient (Wildman–Crippen LogP) is 1.49. The average molecular weight is 258 g/mol. The van der Waals surface area contributed by atoms with E-state index in [4.69, 9.17) is 0 Å². The molecule has 1 N–H and O–H groups in total. The molecule has 0 aliphatic carbocycles. The lowest BCUT2D eigenvalue weighted by Crippen LogP contribution is -2.44. The molecule has 0 atom stereocenters. The lowest BCUT2D eigenvalue weighted by molar-refractivity contribution is 0.444. The molecule has 0 spiro atoms. The van der Waals surface area contributed by atoms with Crippen LogP contribution >= 0.6 is 15.9 Å². The normalized spacial score (nSPS) is 13.3. The molecule has 0 aliphatic heterocycles. The summed E-state index contributed by atoms with van der Waals surface area (Å²) in [5.41, 5.74) is -0.349. The summed E-state index contributed by atoms with van der Waals surface area (Å²) in [5, 5.41) is 0.798. The van der Waals surface area contributed by atoms with Crippen molar-refractivity contribution in [3.63, 3.8) is 0 Å². The number of alkyl halides is 1. The van der Waals surface area contributed by atoms with Crippen LogP contribution in [0.3, 0.4) is 0 Å².